The first-order chi connectivity index (χ1) is 9.61. The van der Waals surface area contributed by atoms with E-state index in [0.717, 1.165) is 23.8 Å². The molecule has 0 saturated heterocycles. The van der Waals surface area contributed by atoms with E-state index in [9.17, 15) is 0 Å². The molecule has 21 heavy (non-hydrogen) atoms. The molecule has 2 nitrogen and oxygen atoms in total. The number of hydrogen-bond donors (Lipinski definition) is 1. The summed E-state index contributed by atoms with van der Waals surface area (Å²) in [5, 5.41) is 0.772. The maximum absolute atomic E-state index is 6.09. The van der Waals surface area contributed by atoms with Crippen LogP contribution in [0, 0.1) is 5.41 Å². The van der Waals surface area contributed by atoms with Gasteiger partial charge in [-0.2, -0.15) is 0 Å². The minimum absolute atomic E-state index is 0.0631. The Morgan fingerprint density at radius 2 is 2.00 bits per heavy atom. The van der Waals surface area contributed by atoms with Crippen LogP contribution in [0.3, 0.4) is 0 Å². The average Bonchev–Trinajstić information content (AvgIpc) is 2.71. The van der Waals surface area contributed by atoms with Crippen LogP contribution in [-0.4, -0.2) is 10.9 Å². The van der Waals surface area contributed by atoms with Gasteiger partial charge in [-0.3, -0.25) is 4.99 Å². The van der Waals surface area contributed by atoms with E-state index >= 15 is 0 Å². The Hall–Kier alpha value is -0.480. The summed E-state index contributed by atoms with van der Waals surface area (Å²) in [6.45, 7) is 11.7. The molecule has 116 valence electrons. The number of thioether (sulfide) groups is 1. The lowest BCUT2D eigenvalue weighted by Crippen LogP contribution is -2.40. The van der Waals surface area contributed by atoms with E-state index in [1.165, 1.54) is 16.9 Å². The summed E-state index contributed by atoms with van der Waals surface area (Å²) >= 11 is 3.70. The van der Waals surface area contributed by atoms with Crippen LogP contribution in [0.15, 0.2) is 11.1 Å². The summed E-state index contributed by atoms with van der Waals surface area (Å²) in [5.74, 6) is 1.09. The smallest absolute Gasteiger partial charge is 0.154 e. The fraction of sp³-hybridized carbons (Fsp3) is 0.706. The van der Waals surface area contributed by atoms with Gasteiger partial charge in [-0.25, -0.2) is 0 Å². The van der Waals surface area contributed by atoms with Crippen LogP contribution < -0.4 is 5.73 Å². The van der Waals surface area contributed by atoms with Crippen molar-refractivity contribution in [3.8, 4) is 0 Å². The highest BCUT2D eigenvalue weighted by molar-refractivity contribution is 8.13. The third kappa shape index (κ3) is 2.77. The minimum Gasteiger partial charge on any atom is -0.379 e. The third-order valence-electron chi connectivity index (χ3n) is 4.55. The highest BCUT2D eigenvalue weighted by atomic mass is 32.2. The van der Waals surface area contributed by atoms with Crippen molar-refractivity contribution in [2.45, 2.75) is 64.8 Å². The Labute approximate surface area is 136 Å². The summed E-state index contributed by atoms with van der Waals surface area (Å²) in [7, 11) is 0. The summed E-state index contributed by atoms with van der Waals surface area (Å²) in [4.78, 5) is 7.99. The van der Waals surface area contributed by atoms with Crippen molar-refractivity contribution in [2.75, 3.05) is 5.75 Å². The number of rotatable bonds is 0. The Kier molecular flexibility index (Phi) is 3.49. The Morgan fingerprint density at radius 1 is 1.29 bits per heavy atom. The van der Waals surface area contributed by atoms with Gasteiger partial charge in [0.2, 0.25) is 0 Å². The number of hydrogen-bond acceptors (Lipinski definition) is 4. The van der Waals surface area contributed by atoms with Gasteiger partial charge in [-0.15, -0.1) is 11.3 Å². The number of nitrogens with two attached hydrogens (primary N) is 1. The van der Waals surface area contributed by atoms with Crippen LogP contribution in [0.1, 0.15) is 62.8 Å². The van der Waals surface area contributed by atoms with Crippen molar-refractivity contribution in [3.05, 3.63) is 21.4 Å². The quantitative estimate of drug-likeness (QED) is 0.754. The molecular weight excluding hydrogens is 296 g/mol. The van der Waals surface area contributed by atoms with Gasteiger partial charge in [-0.05, 0) is 41.7 Å². The van der Waals surface area contributed by atoms with Crippen LogP contribution in [-0.2, 0) is 17.4 Å². The molecule has 1 atom stereocenters. The topological polar surface area (TPSA) is 38.4 Å². The van der Waals surface area contributed by atoms with Crippen LogP contribution in [0.4, 0.5) is 0 Å². The summed E-state index contributed by atoms with van der Waals surface area (Å²) < 4.78 is 0. The number of nitrogens with zero attached hydrogens (tertiary/aromatic N) is 1. The van der Waals surface area contributed by atoms with Crippen molar-refractivity contribution in [1.29, 1.82) is 0 Å². The number of fused-ring (bicyclic) bond motifs is 2. The standard InChI is InChI=1S/C17H26N2S2/c1-15(2,3)13-8-11-12(21-13)9-16(4,5)10-17(11)6-7-20-14(18)19-17/h8H,6-7,9-10H2,1-5H3,(H2,18,19). The monoisotopic (exact) mass is 322 g/mol. The summed E-state index contributed by atoms with van der Waals surface area (Å²) in [6.07, 6.45) is 3.41. The highest BCUT2D eigenvalue weighted by Crippen LogP contribution is 2.53. The molecule has 1 aromatic heterocycles. The average molecular weight is 323 g/mol. The molecule has 2 aliphatic rings. The van der Waals surface area contributed by atoms with Crippen LogP contribution >= 0.6 is 23.1 Å². The molecule has 1 aromatic rings. The largest absolute Gasteiger partial charge is 0.379 e. The fourth-order valence-corrected chi connectivity index (χ4v) is 6.11. The normalized spacial score (nSPS) is 28.3. The van der Waals surface area contributed by atoms with Gasteiger partial charge in [0.05, 0.1) is 5.54 Å². The number of thiophene rings is 1. The van der Waals surface area contributed by atoms with Gasteiger partial charge in [0, 0.05) is 15.5 Å². The molecule has 0 bridgehead atoms. The van der Waals surface area contributed by atoms with E-state index in [-0.39, 0.29) is 11.0 Å². The van der Waals surface area contributed by atoms with Gasteiger partial charge in [0.1, 0.15) is 0 Å². The second-order valence-electron chi connectivity index (χ2n) is 8.30. The van der Waals surface area contributed by atoms with Gasteiger partial charge in [-0.1, -0.05) is 46.4 Å². The molecule has 0 amide bonds. The molecule has 2 heterocycles. The van der Waals surface area contributed by atoms with Gasteiger partial charge >= 0.3 is 0 Å². The van der Waals surface area contributed by atoms with Gasteiger partial charge in [0.25, 0.3) is 0 Å². The van der Waals surface area contributed by atoms with Crippen molar-refractivity contribution >= 4 is 28.3 Å². The van der Waals surface area contributed by atoms with E-state index in [4.69, 9.17) is 10.7 Å². The minimum atomic E-state index is -0.0631. The van der Waals surface area contributed by atoms with Crippen molar-refractivity contribution in [1.82, 2.24) is 0 Å². The number of amidine groups is 1. The van der Waals surface area contributed by atoms with E-state index in [1.54, 1.807) is 16.6 Å². The molecule has 0 aromatic carbocycles. The SMILES string of the molecule is CC1(C)Cc2sc(C(C)(C)C)cc2C2(CCSC(N)=N2)C1. The third-order valence-corrected chi connectivity index (χ3v) is 6.91. The van der Waals surface area contributed by atoms with Crippen molar-refractivity contribution < 1.29 is 0 Å². The second-order valence-corrected chi connectivity index (χ2v) is 10.5. The number of aliphatic imine (C=N–C) groups is 1. The summed E-state index contributed by atoms with van der Waals surface area (Å²) in [5.41, 5.74) is 8.02. The molecule has 1 aliphatic heterocycles. The van der Waals surface area contributed by atoms with E-state index < -0.39 is 0 Å². The van der Waals surface area contributed by atoms with Crippen LogP contribution in [0.5, 0.6) is 0 Å². The van der Waals surface area contributed by atoms with Crippen molar-refractivity contribution in [3.63, 3.8) is 0 Å². The lowest BCUT2D eigenvalue weighted by molar-refractivity contribution is 0.208. The predicted octanol–water partition coefficient (Wildman–Crippen LogP) is 4.66. The predicted molar refractivity (Wildman–Crippen MR) is 95.5 cm³/mol. The van der Waals surface area contributed by atoms with Crippen molar-refractivity contribution in [2.24, 2.45) is 16.1 Å². The van der Waals surface area contributed by atoms with E-state index in [1.807, 2.05) is 11.3 Å². The van der Waals surface area contributed by atoms with E-state index in [0.29, 0.717) is 5.41 Å². The summed E-state index contributed by atoms with van der Waals surface area (Å²) in [6, 6.07) is 2.43. The molecule has 4 heteroatoms. The Bertz CT molecular complexity index is 592. The maximum Gasteiger partial charge on any atom is 0.154 e. The first kappa shape index (κ1) is 15.4. The first-order valence-electron chi connectivity index (χ1n) is 7.73. The zero-order valence-corrected chi connectivity index (χ0v) is 15.4. The zero-order valence-electron chi connectivity index (χ0n) is 13.7. The Balaban J connectivity index is 2.16. The molecule has 1 unspecified atom stereocenters. The lowest BCUT2D eigenvalue weighted by atomic mass is 9.66. The molecule has 0 saturated carbocycles. The zero-order chi connectivity index (χ0) is 15.5. The fourth-order valence-electron chi connectivity index (χ4n) is 3.65. The molecule has 3 rings (SSSR count). The lowest BCUT2D eigenvalue weighted by Gasteiger charge is -2.44. The van der Waals surface area contributed by atoms with Crippen LogP contribution in [0.2, 0.25) is 0 Å². The van der Waals surface area contributed by atoms with Crippen LogP contribution in [0.25, 0.3) is 0 Å². The highest BCUT2D eigenvalue weighted by Gasteiger charge is 2.46. The molecule has 1 spiro atoms. The molecule has 2 N–H and O–H groups in total. The first-order valence-corrected chi connectivity index (χ1v) is 9.53. The molecule has 1 aliphatic carbocycles. The second kappa shape index (κ2) is 4.76. The molecule has 0 radical (unpaired) electrons. The van der Waals surface area contributed by atoms with Gasteiger partial charge < -0.3 is 5.73 Å². The van der Waals surface area contributed by atoms with E-state index in [2.05, 4.69) is 40.7 Å². The van der Waals surface area contributed by atoms with Gasteiger partial charge in [0.15, 0.2) is 5.17 Å². The maximum atomic E-state index is 6.09. The molecular formula is C17H26N2S2. The molecule has 0 fully saturated rings. The Morgan fingerprint density at radius 3 is 2.62 bits per heavy atom.